The molecule has 118 valence electrons. The summed E-state index contributed by atoms with van der Waals surface area (Å²) in [4.78, 5) is 24.2. The van der Waals surface area contributed by atoms with Crippen LogP contribution in [0.25, 0.3) is 0 Å². The van der Waals surface area contributed by atoms with Gasteiger partial charge < -0.3 is 4.74 Å². The van der Waals surface area contributed by atoms with Gasteiger partial charge in [-0.1, -0.05) is 56.5 Å². The summed E-state index contributed by atoms with van der Waals surface area (Å²) in [5.41, 5.74) is 1.27. The standard InChI is InChI=1S/C19H24O3/c1-3-5-8-12-19(14-18(21)22-4-2)13-11-17(20)15-9-6-7-10-16(15)19/h6-7,9-11,13H,3-5,8,12,14H2,1-2H3/t19-/m0/s1. The van der Waals surface area contributed by atoms with E-state index >= 15 is 0 Å². The molecule has 2 rings (SSSR count). The van der Waals surface area contributed by atoms with Crippen molar-refractivity contribution in [3.8, 4) is 0 Å². The number of carbonyl (C=O) groups is 2. The minimum Gasteiger partial charge on any atom is -0.466 e. The van der Waals surface area contributed by atoms with Gasteiger partial charge in [0.1, 0.15) is 0 Å². The fourth-order valence-corrected chi connectivity index (χ4v) is 3.17. The largest absolute Gasteiger partial charge is 0.466 e. The molecule has 1 aromatic carbocycles. The molecule has 0 heterocycles. The van der Waals surface area contributed by atoms with Crippen LogP contribution in [0.15, 0.2) is 36.4 Å². The fraction of sp³-hybridized carbons (Fsp3) is 0.474. The van der Waals surface area contributed by atoms with E-state index in [-0.39, 0.29) is 11.8 Å². The molecule has 0 spiro atoms. The van der Waals surface area contributed by atoms with Crippen molar-refractivity contribution in [3.05, 3.63) is 47.5 Å². The van der Waals surface area contributed by atoms with Crippen LogP contribution in [0.5, 0.6) is 0 Å². The molecular formula is C19H24O3. The monoisotopic (exact) mass is 300 g/mol. The summed E-state index contributed by atoms with van der Waals surface area (Å²) in [6.45, 7) is 4.36. The average molecular weight is 300 g/mol. The molecule has 0 bridgehead atoms. The van der Waals surface area contributed by atoms with Crippen molar-refractivity contribution < 1.29 is 14.3 Å². The highest BCUT2D eigenvalue weighted by atomic mass is 16.5. The molecule has 0 fully saturated rings. The Balaban J connectivity index is 2.37. The molecule has 1 aromatic rings. The second-order valence-electron chi connectivity index (χ2n) is 5.84. The van der Waals surface area contributed by atoms with Gasteiger partial charge in [-0.05, 0) is 25.0 Å². The lowest BCUT2D eigenvalue weighted by Gasteiger charge is -2.34. The van der Waals surface area contributed by atoms with Crippen LogP contribution in [0.2, 0.25) is 0 Å². The summed E-state index contributed by atoms with van der Waals surface area (Å²) in [6.07, 6.45) is 7.97. The van der Waals surface area contributed by atoms with E-state index < -0.39 is 5.41 Å². The van der Waals surface area contributed by atoms with E-state index in [1.807, 2.05) is 37.3 Å². The van der Waals surface area contributed by atoms with Gasteiger partial charge in [-0.3, -0.25) is 9.59 Å². The Labute approximate surface area is 132 Å². The van der Waals surface area contributed by atoms with Crippen molar-refractivity contribution in [2.45, 2.75) is 51.4 Å². The highest BCUT2D eigenvalue weighted by Crippen LogP contribution is 2.40. The fourth-order valence-electron chi connectivity index (χ4n) is 3.17. The lowest BCUT2D eigenvalue weighted by molar-refractivity contribution is -0.144. The van der Waals surface area contributed by atoms with Crippen molar-refractivity contribution in [1.29, 1.82) is 0 Å². The first-order chi connectivity index (χ1) is 10.6. The molecule has 0 N–H and O–H groups in total. The van der Waals surface area contributed by atoms with Crippen LogP contribution in [0, 0.1) is 0 Å². The molecule has 22 heavy (non-hydrogen) atoms. The highest BCUT2D eigenvalue weighted by Gasteiger charge is 2.37. The van der Waals surface area contributed by atoms with E-state index in [1.54, 1.807) is 6.08 Å². The molecule has 0 aromatic heterocycles. The maximum atomic E-state index is 12.1. The molecule has 3 heteroatoms. The average Bonchev–Trinajstić information content (AvgIpc) is 2.52. The quantitative estimate of drug-likeness (QED) is 0.559. The van der Waals surface area contributed by atoms with E-state index in [9.17, 15) is 9.59 Å². The number of rotatable bonds is 7. The zero-order chi connectivity index (χ0) is 16.0. The van der Waals surface area contributed by atoms with E-state index in [2.05, 4.69) is 6.92 Å². The Morgan fingerprint density at radius 1 is 1.18 bits per heavy atom. The minimum absolute atomic E-state index is 0.0191. The number of unbranched alkanes of at least 4 members (excludes halogenated alkanes) is 2. The molecule has 1 atom stereocenters. The van der Waals surface area contributed by atoms with Gasteiger partial charge in [0.05, 0.1) is 13.0 Å². The summed E-state index contributed by atoms with van der Waals surface area (Å²) < 4.78 is 5.16. The third-order valence-electron chi connectivity index (χ3n) is 4.27. The van der Waals surface area contributed by atoms with Gasteiger partial charge in [0, 0.05) is 11.0 Å². The minimum atomic E-state index is -0.411. The predicted molar refractivity (Wildman–Crippen MR) is 87.0 cm³/mol. The Hall–Kier alpha value is -1.90. The number of ketones is 1. The number of hydrogen-bond acceptors (Lipinski definition) is 3. The van der Waals surface area contributed by atoms with Gasteiger partial charge in [-0.15, -0.1) is 0 Å². The Bertz CT molecular complexity index is 574. The third-order valence-corrected chi connectivity index (χ3v) is 4.27. The lowest BCUT2D eigenvalue weighted by Crippen LogP contribution is -2.32. The summed E-state index contributed by atoms with van der Waals surface area (Å²) in [5, 5.41) is 0. The van der Waals surface area contributed by atoms with Crippen molar-refractivity contribution >= 4 is 11.8 Å². The number of fused-ring (bicyclic) bond motifs is 1. The van der Waals surface area contributed by atoms with Crippen LogP contribution >= 0.6 is 0 Å². The second kappa shape index (κ2) is 7.39. The van der Waals surface area contributed by atoms with E-state index in [1.165, 1.54) is 0 Å². The van der Waals surface area contributed by atoms with Crippen LogP contribution in [-0.2, 0) is 14.9 Å². The first kappa shape index (κ1) is 16.5. The zero-order valence-electron chi connectivity index (χ0n) is 13.4. The topological polar surface area (TPSA) is 43.4 Å². The van der Waals surface area contributed by atoms with Gasteiger partial charge in [-0.2, -0.15) is 0 Å². The van der Waals surface area contributed by atoms with Gasteiger partial charge in [0.2, 0.25) is 0 Å². The Morgan fingerprint density at radius 3 is 2.68 bits per heavy atom. The first-order valence-corrected chi connectivity index (χ1v) is 8.11. The number of carbonyl (C=O) groups excluding carboxylic acids is 2. The Morgan fingerprint density at radius 2 is 1.95 bits per heavy atom. The normalized spacial score (nSPS) is 19.8. The van der Waals surface area contributed by atoms with E-state index in [0.29, 0.717) is 18.6 Å². The van der Waals surface area contributed by atoms with Gasteiger partial charge in [0.25, 0.3) is 0 Å². The third kappa shape index (κ3) is 3.46. The number of benzene rings is 1. The smallest absolute Gasteiger partial charge is 0.306 e. The molecule has 0 saturated heterocycles. The van der Waals surface area contributed by atoms with Crippen molar-refractivity contribution in [2.75, 3.05) is 6.61 Å². The molecule has 0 amide bonds. The van der Waals surface area contributed by atoms with Crippen LogP contribution in [-0.4, -0.2) is 18.4 Å². The molecular weight excluding hydrogens is 276 g/mol. The summed E-state index contributed by atoms with van der Waals surface area (Å²) in [5.74, 6) is -0.182. The number of allylic oxidation sites excluding steroid dienone is 2. The summed E-state index contributed by atoms with van der Waals surface area (Å²) >= 11 is 0. The molecule has 0 unspecified atom stereocenters. The van der Waals surface area contributed by atoms with Crippen LogP contribution in [0.4, 0.5) is 0 Å². The molecule has 3 nitrogen and oxygen atoms in total. The van der Waals surface area contributed by atoms with Gasteiger partial charge in [0.15, 0.2) is 5.78 Å². The molecule has 0 aliphatic heterocycles. The number of esters is 1. The van der Waals surface area contributed by atoms with Crippen molar-refractivity contribution in [1.82, 2.24) is 0 Å². The second-order valence-corrected chi connectivity index (χ2v) is 5.84. The molecule has 1 aliphatic rings. The van der Waals surface area contributed by atoms with Crippen LogP contribution in [0.3, 0.4) is 0 Å². The van der Waals surface area contributed by atoms with E-state index in [0.717, 1.165) is 31.2 Å². The molecule has 0 saturated carbocycles. The van der Waals surface area contributed by atoms with Crippen LogP contribution < -0.4 is 0 Å². The Kier molecular flexibility index (Phi) is 5.53. The zero-order valence-corrected chi connectivity index (χ0v) is 13.4. The lowest BCUT2D eigenvalue weighted by atomic mass is 9.69. The van der Waals surface area contributed by atoms with Crippen molar-refractivity contribution in [2.24, 2.45) is 0 Å². The predicted octanol–water partition coefficient (Wildman–Crippen LogP) is 4.21. The van der Waals surface area contributed by atoms with Crippen LogP contribution in [0.1, 0.15) is 61.9 Å². The maximum absolute atomic E-state index is 12.1. The molecule has 1 aliphatic carbocycles. The first-order valence-electron chi connectivity index (χ1n) is 8.11. The highest BCUT2D eigenvalue weighted by molar-refractivity contribution is 6.07. The SMILES string of the molecule is CCCCC[C@@]1(CC(=O)OCC)C=CC(=O)c2ccccc21. The van der Waals surface area contributed by atoms with Crippen molar-refractivity contribution in [3.63, 3.8) is 0 Å². The summed E-state index contributed by atoms with van der Waals surface area (Å²) in [7, 11) is 0. The maximum Gasteiger partial charge on any atom is 0.306 e. The number of ether oxygens (including phenoxy) is 1. The molecule has 0 radical (unpaired) electrons. The van der Waals surface area contributed by atoms with Gasteiger partial charge in [-0.25, -0.2) is 0 Å². The number of hydrogen-bond donors (Lipinski definition) is 0. The summed E-state index contributed by atoms with van der Waals surface area (Å²) in [6, 6.07) is 7.63. The van der Waals surface area contributed by atoms with E-state index in [4.69, 9.17) is 4.74 Å². The van der Waals surface area contributed by atoms with Gasteiger partial charge >= 0.3 is 5.97 Å².